The molecule has 2 amide bonds. The Hall–Kier alpha value is -4.01. The van der Waals surface area contributed by atoms with Crippen LogP contribution in [0.3, 0.4) is 0 Å². The van der Waals surface area contributed by atoms with Crippen LogP contribution in [0.4, 0.5) is 0 Å². The summed E-state index contributed by atoms with van der Waals surface area (Å²) in [4.78, 5) is 42.2. The maximum atomic E-state index is 13.5. The third-order valence-corrected chi connectivity index (χ3v) is 6.80. The summed E-state index contributed by atoms with van der Waals surface area (Å²) in [6.07, 6.45) is 6.68. The van der Waals surface area contributed by atoms with Crippen molar-refractivity contribution in [3.63, 3.8) is 0 Å². The number of benzene rings is 1. The second-order valence-corrected chi connectivity index (χ2v) is 8.69. The van der Waals surface area contributed by atoms with Crippen LogP contribution in [0.1, 0.15) is 45.2 Å². The van der Waals surface area contributed by atoms with Gasteiger partial charge >= 0.3 is 0 Å². The Bertz CT molecular complexity index is 1340. The second kappa shape index (κ2) is 7.26. The zero-order valence-corrected chi connectivity index (χ0v) is 18.2. The number of carbonyl (C=O) groups excluding carboxylic acids is 2. The number of hydrogen-bond donors (Lipinski definition) is 1. The number of carbonyl (C=O) groups is 2. The van der Waals surface area contributed by atoms with Crippen LogP contribution in [0.2, 0.25) is 0 Å². The molecule has 2 aliphatic rings. The van der Waals surface area contributed by atoms with Crippen LogP contribution in [0.5, 0.6) is 0 Å². The topological polar surface area (TPSA) is 100 Å². The maximum absolute atomic E-state index is 13.5. The number of para-hydroxylation sites is 1. The lowest BCUT2D eigenvalue weighted by atomic mass is 10.1. The summed E-state index contributed by atoms with van der Waals surface area (Å²) < 4.78 is 1.83. The molecule has 0 spiro atoms. The van der Waals surface area contributed by atoms with E-state index < -0.39 is 5.54 Å². The maximum Gasteiger partial charge on any atom is 0.270 e. The van der Waals surface area contributed by atoms with Crippen molar-refractivity contribution in [2.75, 3.05) is 13.6 Å². The minimum Gasteiger partial charge on any atom is -0.351 e. The molecule has 1 saturated carbocycles. The lowest BCUT2D eigenvalue weighted by Gasteiger charge is -2.30. The molecular weight excluding hydrogens is 418 g/mol. The van der Waals surface area contributed by atoms with Gasteiger partial charge in [0.25, 0.3) is 11.8 Å². The molecule has 9 nitrogen and oxygen atoms in total. The van der Waals surface area contributed by atoms with Crippen molar-refractivity contribution in [2.45, 2.75) is 31.5 Å². The van der Waals surface area contributed by atoms with Crippen molar-refractivity contribution in [1.82, 2.24) is 34.5 Å². The van der Waals surface area contributed by atoms with E-state index in [0.29, 0.717) is 36.7 Å². The Morgan fingerprint density at radius 2 is 1.88 bits per heavy atom. The van der Waals surface area contributed by atoms with Crippen LogP contribution in [0.25, 0.3) is 10.9 Å². The number of nitrogens with zero attached hydrogens (tertiary/aromatic N) is 6. The van der Waals surface area contributed by atoms with Crippen molar-refractivity contribution in [3.8, 4) is 0 Å². The highest BCUT2D eigenvalue weighted by Crippen LogP contribution is 2.49. The highest BCUT2D eigenvalue weighted by molar-refractivity contribution is 5.99. The van der Waals surface area contributed by atoms with E-state index in [4.69, 9.17) is 0 Å². The van der Waals surface area contributed by atoms with E-state index in [-0.39, 0.29) is 11.8 Å². The quantitative estimate of drug-likeness (QED) is 0.525. The van der Waals surface area contributed by atoms with Crippen LogP contribution in [-0.4, -0.2) is 59.9 Å². The molecule has 0 atom stereocenters. The first kappa shape index (κ1) is 19.7. The van der Waals surface area contributed by atoms with Gasteiger partial charge in [-0.05, 0) is 31.0 Å². The molecule has 6 rings (SSSR count). The van der Waals surface area contributed by atoms with E-state index in [1.165, 1.54) is 0 Å². The van der Waals surface area contributed by atoms with E-state index >= 15 is 0 Å². The summed E-state index contributed by atoms with van der Waals surface area (Å²) in [5.41, 5.74) is 2.29. The third-order valence-electron chi connectivity index (χ3n) is 6.80. The number of nitrogens with one attached hydrogen (secondary N) is 1. The number of amides is 2. The Balaban J connectivity index is 1.26. The first-order valence-corrected chi connectivity index (χ1v) is 11.0. The monoisotopic (exact) mass is 441 g/mol. The molecule has 4 heterocycles. The molecule has 4 aromatic rings. The molecule has 1 N–H and O–H groups in total. The predicted octanol–water partition coefficient (Wildman–Crippen LogP) is 2.57. The number of fused-ring (bicyclic) bond motifs is 2. The molecular formula is C24H23N7O2. The summed E-state index contributed by atoms with van der Waals surface area (Å²) in [6.45, 7) is 1.41. The SMILES string of the molecule is CN(C(=O)c1cnn2c1CN(C(=O)c1cc3ccccc3[nH]1)CC2)C1(c2ncccn2)CC1. The summed E-state index contributed by atoms with van der Waals surface area (Å²) in [5.74, 6) is 0.459. The van der Waals surface area contributed by atoms with Gasteiger partial charge in [-0.15, -0.1) is 0 Å². The van der Waals surface area contributed by atoms with Gasteiger partial charge in [-0.25, -0.2) is 9.97 Å². The summed E-state index contributed by atoms with van der Waals surface area (Å²) in [7, 11) is 1.80. The zero-order valence-electron chi connectivity index (χ0n) is 18.2. The molecule has 1 aliphatic heterocycles. The zero-order chi connectivity index (χ0) is 22.6. The van der Waals surface area contributed by atoms with E-state index in [2.05, 4.69) is 20.1 Å². The molecule has 0 radical (unpaired) electrons. The van der Waals surface area contributed by atoms with Gasteiger partial charge in [-0.1, -0.05) is 18.2 Å². The first-order valence-electron chi connectivity index (χ1n) is 11.0. The van der Waals surface area contributed by atoms with Gasteiger partial charge < -0.3 is 14.8 Å². The standard InChI is InChI=1S/C24H23N7O2/c1-29(24(7-8-24)23-25-9-4-10-26-23)21(32)17-14-27-31-12-11-30(15-20(17)31)22(33)19-13-16-5-2-3-6-18(16)28-19/h2-6,9-10,13-14,28H,7-8,11-12,15H2,1H3. The Labute approximate surface area is 190 Å². The fourth-order valence-corrected chi connectivity index (χ4v) is 4.70. The van der Waals surface area contributed by atoms with Crippen molar-refractivity contribution in [1.29, 1.82) is 0 Å². The third kappa shape index (κ3) is 3.11. The average Bonchev–Trinajstić information content (AvgIpc) is 3.38. The highest BCUT2D eigenvalue weighted by Gasteiger charge is 2.53. The lowest BCUT2D eigenvalue weighted by molar-refractivity contribution is 0.0665. The number of rotatable bonds is 4. The molecule has 1 aliphatic carbocycles. The molecule has 3 aromatic heterocycles. The predicted molar refractivity (Wildman–Crippen MR) is 120 cm³/mol. The van der Waals surface area contributed by atoms with Gasteiger partial charge in [0, 0.05) is 36.9 Å². The fraction of sp³-hybridized carbons (Fsp3) is 0.292. The molecule has 1 aromatic carbocycles. The number of H-pyrrole nitrogens is 1. The summed E-state index contributed by atoms with van der Waals surface area (Å²) >= 11 is 0. The van der Waals surface area contributed by atoms with Gasteiger partial charge in [0.15, 0.2) is 5.82 Å². The number of aromatic amines is 1. The molecule has 33 heavy (non-hydrogen) atoms. The molecule has 0 unspecified atom stereocenters. The number of hydrogen-bond acceptors (Lipinski definition) is 5. The van der Waals surface area contributed by atoms with Crippen molar-refractivity contribution >= 4 is 22.7 Å². The van der Waals surface area contributed by atoms with Gasteiger partial charge in [0.1, 0.15) is 11.2 Å². The summed E-state index contributed by atoms with van der Waals surface area (Å²) in [6, 6.07) is 11.5. The molecule has 9 heteroatoms. The van der Waals surface area contributed by atoms with Gasteiger partial charge in [-0.3, -0.25) is 14.3 Å². The van der Waals surface area contributed by atoms with Gasteiger partial charge in [0.05, 0.1) is 30.5 Å². The van der Waals surface area contributed by atoms with Crippen LogP contribution in [0, 0.1) is 0 Å². The van der Waals surface area contributed by atoms with E-state index in [1.807, 2.05) is 35.0 Å². The smallest absolute Gasteiger partial charge is 0.270 e. The number of aromatic nitrogens is 5. The Morgan fingerprint density at radius 3 is 2.64 bits per heavy atom. The Kier molecular flexibility index (Phi) is 4.33. The minimum atomic E-state index is -0.471. The van der Waals surface area contributed by atoms with Crippen LogP contribution in [-0.2, 0) is 18.6 Å². The molecule has 166 valence electrons. The van der Waals surface area contributed by atoms with Crippen LogP contribution >= 0.6 is 0 Å². The largest absolute Gasteiger partial charge is 0.351 e. The van der Waals surface area contributed by atoms with Crippen molar-refractivity contribution < 1.29 is 9.59 Å². The average molecular weight is 441 g/mol. The molecule has 1 fully saturated rings. The first-order chi connectivity index (χ1) is 16.1. The van der Waals surface area contributed by atoms with E-state index in [0.717, 1.165) is 29.4 Å². The minimum absolute atomic E-state index is 0.0817. The van der Waals surface area contributed by atoms with E-state index in [1.54, 1.807) is 41.5 Å². The molecule has 0 bridgehead atoms. The van der Waals surface area contributed by atoms with Crippen LogP contribution in [0.15, 0.2) is 55.0 Å². The van der Waals surface area contributed by atoms with E-state index in [9.17, 15) is 9.59 Å². The van der Waals surface area contributed by atoms with Gasteiger partial charge in [-0.2, -0.15) is 5.10 Å². The summed E-state index contributed by atoms with van der Waals surface area (Å²) in [5, 5.41) is 5.43. The van der Waals surface area contributed by atoms with Gasteiger partial charge in [0.2, 0.25) is 0 Å². The van der Waals surface area contributed by atoms with Crippen LogP contribution < -0.4 is 0 Å². The lowest BCUT2D eigenvalue weighted by Crippen LogP contribution is -2.41. The highest BCUT2D eigenvalue weighted by atomic mass is 16.2. The fourth-order valence-electron chi connectivity index (χ4n) is 4.70. The molecule has 0 saturated heterocycles. The normalized spacial score (nSPS) is 16.5. The van der Waals surface area contributed by atoms with Crippen molar-refractivity contribution in [3.05, 3.63) is 77.8 Å². The Morgan fingerprint density at radius 1 is 1.09 bits per heavy atom. The second-order valence-electron chi connectivity index (χ2n) is 8.69. The van der Waals surface area contributed by atoms with Crippen molar-refractivity contribution in [2.24, 2.45) is 0 Å².